The van der Waals surface area contributed by atoms with Crippen LogP contribution in [-0.4, -0.2) is 19.1 Å². The highest BCUT2D eigenvalue weighted by molar-refractivity contribution is 6.12. The van der Waals surface area contributed by atoms with Crippen molar-refractivity contribution in [3.8, 4) is 56.3 Å². The van der Waals surface area contributed by atoms with Gasteiger partial charge in [-0.05, 0) is 100 Å². The van der Waals surface area contributed by atoms with Gasteiger partial charge in [0.2, 0.25) is 5.95 Å². The molecule has 0 atom stereocenters. The lowest BCUT2D eigenvalue weighted by molar-refractivity contribution is 0.584. The molecule has 8 aromatic carbocycles. The quantitative estimate of drug-likeness (QED) is 0.170. The highest BCUT2D eigenvalue weighted by Crippen LogP contribution is 2.38. The van der Waals surface area contributed by atoms with Gasteiger partial charge in [-0.1, -0.05) is 115 Å². The van der Waals surface area contributed by atoms with E-state index in [2.05, 4.69) is 130 Å². The molecule has 0 aliphatic heterocycles. The minimum atomic E-state index is -0.598. The van der Waals surface area contributed by atoms with E-state index in [1.54, 1.807) is 0 Å². The molecule has 0 saturated carbocycles. The molecule has 0 aliphatic carbocycles. The molecular weight excluding hydrogens is 719 g/mol. The fourth-order valence-corrected chi connectivity index (χ4v) is 8.42. The normalized spacial score (nSPS) is 11.6. The van der Waals surface area contributed by atoms with Crippen LogP contribution in [0.3, 0.4) is 0 Å². The Balaban J connectivity index is 0.977. The minimum absolute atomic E-state index is 0.498. The Morgan fingerprint density at radius 3 is 1.69 bits per heavy atom. The zero-order valence-corrected chi connectivity index (χ0v) is 31.0. The monoisotopic (exact) mass is 750 g/mol. The van der Waals surface area contributed by atoms with E-state index >= 15 is 0 Å². The second kappa shape index (κ2) is 13.5. The van der Waals surface area contributed by atoms with Gasteiger partial charge in [0.05, 0.1) is 27.8 Å². The second-order valence-corrected chi connectivity index (χ2v) is 14.6. The van der Waals surface area contributed by atoms with Gasteiger partial charge in [0, 0.05) is 45.1 Å². The smallest absolute Gasteiger partial charge is 0.235 e. The van der Waals surface area contributed by atoms with Crippen LogP contribution in [0.5, 0.6) is 0 Å². The first kappa shape index (κ1) is 33.6. The average molecular weight is 751 g/mol. The maximum Gasteiger partial charge on any atom is 0.235 e. The molecule has 11 rings (SSSR count). The van der Waals surface area contributed by atoms with Crippen LogP contribution in [0.4, 0.5) is 8.78 Å². The molecule has 0 spiro atoms. The lowest BCUT2D eigenvalue weighted by Gasteiger charge is -2.10. The van der Waals surface area contributed by atoms with Gasteiger partial charge in [-0.2, -0.15) is 0 Å². The molecule has 3 aromatic heterocycles. The summed E-state index contributed by atoms with van der Waals surface area (Å²) < 4.78 is 32.3. The molecule has 0 saturated heterocycles. The zero-order chi connectivity index (χ0) is 38.7. The highest BCUT2D eigenvalue weighted by atomic mass is 19.1. The van der Waals surface area contributed by atoms with Crippen molar-refractivity contribution < 1.29 is 8.78 Å². The molecule has 0 N–H and O–H groups in total. The summed E-state index contributed by atoms with van der Waals surface area (Å²) in [5.74, 6) is -0.610. The summed E-state index contributed by atoms with van der Waals surface area (Å²) in [7, 11) is 0. The number of para-hydroxylation sites is 3. The number of benzene rings is 8. The predicted octanol–water partition coefficient (Wildman–Crippen LogP) is 13.6. The van der Waals surface area contributed by atoms with E-state index in [1.807, 2.05) is 54.7 Å². The van der Waals surface area contributed by atoms with E-state index in [-0.39, 0.29) is 0 Å². The van der Waals surface area contributed by atoms with Crippen molar-refractivity contribution in [3.63, 3.8) is 0 Å². The molecule has 0 fully saturated rings. The number of hydrogen-bond donors (Lipinski definition) is 0. The second-order valence-electron chi connectivity index (χ2n) is 14.6. The van der Waals surface area contributed by atoms with Crippen LogP contribution in [-0.2, 0) is 0 Å². The van der Waals surface area contributed by atoms with Crippen molar-refractivity contribution in [3.05, 3.63) is 206 Å². The van der Waals surface area contributed by atoms with Crippen molar-refractivity contribution in [2.24, 2.45) is 0 Å². The van der Waals surface area contributed by atoms with E-state index in [0.29, 0.717) is 11.5 Å². The van der Waals surface area contributed by atoms with Crippen molar-refractivity contribution in [2.45, 2.75) is 0 Å². The number of nitrogens with zero attached hydrogens (tertiary/aromatic N) is 4. The molecule has 11 aromatic rings. The lowest BCUT2D eigenvalue weighted by atomic mass is 9.98. The fraction of sp³-hybridized carbons (Fsp3) is 0. The Bertz CT molecular complexity index is 3340. The van der Waals surface area contributed by atoms with E-state index < -0.39 is 11.6 Å². The van der Waals surface area contributed by atoms with Crippen LogP contribution in [0.15, 0.2) is 194 Å². The Hall–Kier alpha value is -7.70. The zero-order valence-electron chi connectivity index (χ0n) is 31.0. The summed E-state index contributed by atoms with van der Waals surface area (Å²) in [4.78, 5) is 9.95. The van der Waals surface area contributed by atoms with Crippen LogP contribution in [0.1, 0.15) is 0 Å². The number of fused-ring (bicyclic) bond motifs is 6. The average Bonchev–Trinajstić information content (AvgIpc) is 3.79. The molecule has 6 heteroatoms. The van der Waals surface area contributed by atoms with Crippen molar-refractivity contribution >= 4 is 43.6 Å². The van der Waals surface area contributed by atoms with Gasteiger partial charge >= 0.3 is 0 Å². The third-order valence-electron chi connectivity index (χ3n) is 11.1. The molecule has 0 unspecified atom stereocenters. The van der Waals surface area contributed by atoms with Crippen LogP contribution < -0.4 is 0 Å². The first-order chi connectivity index (χ1) is 28.6. The minimum Gasteiger partial charge on any atom is -0.309 e. The van der Waals surface area contributed by atoms with E-state index in [9.17, 15) is 8.78 Å². The van der Waals surface area contributed by atoms with E-state index in [1.165, 1.54) is 33.9 Å². The Morgan fingerprint density at radius 1 is 0.345 bits per heavy atom. The molecule has 4 nitrogen and oxygen atoms in total. The molecule has 0 amide bonds. The molecule has 274 valence electrons. The molecular formula is C52H32F2N4. The van der Waals surface area contributed by atoms with Crippen LogP contribution in [0.2, 0.25) is 0 Å². The Labute approximate surface area is 332 Å². The van der Waals surface area contributed by atoms with Crippen LogP contribution in [0, 0.1) is 11.6 Å². The van der Waals surface area contributed by atoms with E-state index in [4.69, 9.17) is 9.97 Å². The SMILES string of the molecule is Fc1cc(F)cc(-c2ccc(-c3cccc(-c4ccnc(-n5c6ccccc6c6cc(-c7ccc8c9ccccc9n(-c9ccccc9)c8c7)ccc65)n4)c3)cc2)c1. The van der Waals surface area contributed by atoms with Crippen LogP contribution in [0.25, 0.3) is 99.9 Å². The van der Waals surface area contributed by atoms with Gasteiger partial charge in [0.25, 0.3) is 0 Å². The summed E-state index contributed by atoms with van der Waals surface area (Å²) in [6, 6.07) is 62.4. The maximum absolute atomic E-state index is 13.9. The van der Waals surface area contributed by atoms with Gasteiger partial charge in [-0.3, -0.25) is 4.57 Å². The first-order valence-electron chi connectivity index (χ1n) is 19.2. The molecule has 3 heterocycles. The van der Waals surface area contributed by atoms with Crippen molar-refractivity contribution in [1.29, 1.82) is 0 Å². The largest absolute Gasteiger partial charge is 0.309 e. The van der Waals surface area contributed by atoms with Gasteiger partial charge in [0.1, 0.15) is 11.6 Å². The Kier molecular flexibility index (Phi) is 7.83. The van der Waals surface area contributed by atoms with Gasteiger partial charge in [-0.15, -0.1) is 0 Å². The third kappa shape index (κ3) is 5.65. The Morgan fingerprint density at radius 2 is 0.914 bits per heavy atom. The van der Waals surface area contributed by atoms with Crippen molar-refractivity contribution in [2.75, 3.05) is 0 Å². The van der Waals surface area contributed by atoms with Gasteiger partial charge < -0.3 is 4.57 Å². The lowest BCUT2D eigenvalue weighted by Crippen LogP contribution is -2.01. The summed E-state index contributed by atoms with van der Waals surface area (Å²) in [6.45, 7) is 0. The molecule has 0 aliphatic rings. The summed E-state index contributed by atoms with van der Waals surface area (Å²) >= 11 is 0. The molecule has 0 radical (unpaired) electrons. The molecule has 0 bridgehead atoms. The number of hydrogen-bond acceptors (Lipinski definition) is 2. The predicted molar refractivity (Wildman–Crippen MR) is 232 cm³/mol. The van der Waals surface area contributed by atoms with Gasteiger partial charge in [-0.25, -0.2) is 18.7 Å². The van der Waals surface area contributed by atoms with E-state index in [0.717, 1.165) is 72.6 Å². The highest BCUT2D eigenvalue weighted by Gasteiger charge is 2.18. The van der Waals surface area contributed by atoms with Crippen LogP contribution >= 0.6 is 0 Å². The number of rotatable bonds is 6. The van der Waals surface area contributed by atoms with Crippen molar-refractivity contribution in [1.82, 2.24) is 19.1 Å². The maximum atomic E-state index is 13.9. The summed E-state index contributed by atoms with van der Waals surface area (Å²) in [6.07, 6.45) is 1.81. The molecule has 58 heavy (non-hydrogen) atoms. The summed E-state index contributed by atoms with van der Waals surface area (Å²) in [5, 5.41) is 4.70. The summed E-state index contributed by atoms with van der Waals surface area (Å²) in [5.41, 5.74) is 12.8. The topological polar surface area (TPSA) is 35.6 Å². The number of aromatic nitrogens is 4. The first-order valence-corrected chi connectivity index (χ1v) is 19.2. The fourth-order valence-electron chi connectivity index (χ4n) is 8.42. The number of halogens is 2. The van der Waals surface area contributed by atoms with Gasteiger partial charge in [0.15, 0.2) is 0 Å². The third-order valence-corrected chi connectivity index (χ3v) is 11.1. The standard InChI is InChI=1S/C52H32F2N4/c53-40-28-39(29-41(54)32-40)34-19-17-33(18-20-34)35-9-8-10-38(27-35)47-25-26-55-52(56-47)58-49-16-7-5-14-44(49)46-30-36(22-24-50(46)58)37-21-23-45-43-13-4-6-15-48(43)57(51(45)31-37)42-11-2-1-3-12-42/h1-32H.